The van der Waals surface area contributed by atoms with Crippen molar-refractivity contribution in [1.29, 1.82) is 0 Å². The minimum absolute atomic E-state index is 0.0436. The first-order chi connectivity index (χ1) is 20.6. The molecule has 3 N–H and O–H groups in total. The van der Waals surface area contributed by atoms with E-state index >= 15 is 0 Å². The summed E-state index contributed by atoms with van der Waals surface area (Å²) < 4.78 is 72.2. The molecular formula is C28H23BrClF5N6O3. The van der Waals surface area contributed by atoms with Gasteiger partial charge in [0.15, 0.2) is 5.82 Å². The second-order valence-corrected chi connectivity index (χ2v) is 11.6. The van der Waals surface area contributed by atoms with E-state index in [9.17, 15) is 31.5 Å². The average molecular weight is 702 g/mol. The van der Waals surface area contributed by atoms with Gasteiger partial charge in [0.1, 0.15) is 22.7 Å². The molecule has 0 saturated carbocycles. The lowest BCUT2D eigenvalue weighted by Gasteiger charge is -2.24. The summed E-state index contributed by atoms with van der Waals surface area (Å²) in [6, 6.07) is 9.62. The second kappa shape index (κ2) is 11.3. The van der Waals surface area contributed by atoms with Crippen LogP contribution in [0.25, 0.3) is 22.4 Å². The van der Waals surface area contributed by atoms with Crippen LogP contribution in [0.15, 0.2) is 40.9 Å². The van der Waals surface area contributed by atoms with Gasteiger partial charge in [0.05, 0.1) is 18.2 Å². The van der Waals surface area contributed by atoms with Crippen LogP contribution >= 0.6 is 27.5 Å². The SMILES string of the molecule is COC(=O)CCc1ccc(C2(C)C(=O)Nc3nc(-c4nn(CCC(F)(F)C(F)(F)F)c5cc(Cl)ccc45)nc(N)c32)cc1Br. The molecule has 2 aromatic carbocycles. The molecule has 0 radical (unpaired) electrons. The summed E-state index contributed by atoms with van der Waals surface area (Å²) in [5.41, 5.74) is 6.97. The number of rotatable bonds is 8. The van der Waals surface area contributed by atoms with Gasteiger partial charge in [-0.25, -0.2) is 9.97 Å². The van der Waals surface area contributed by atoms with E-state index in [-0.39, 0.29) is 51.6 Å². The van der Waals surface area contributed by atoms with Gasteiger partial charge >= 0.3 is 18.1 Å². The highest BCUT2D eigenvalue weighted by atomic mass is 79.9. The zero-order valence-corrected chi connectivity index (χ0v) is 25.4. The van der Waals surface area contributed by atoms with Crippen molar-refractivity contribution >= 4 is 61.9 Å². The summed E-state index contributed by atoms with van der Waals surface area (Å²) in [6.07, 6.45) is -6.71. The maximum Gasteiger partial charge on any atom is 0.453 e. The zero-order valence-electron chi connectivity index (χ0n) is 23.0. The molecule has 232 valence electrons. The van der Waals surface area contributed by atoms with E-state index in [1.165, 1.54) is 25.3 Å². The predicted octanol–water partition coefficient (Wildman–Crippen LogP) is 6.44. The van der Waals surface area contributed by atoms with E-state index in [1.54, 1.807) is 25.1 Å². The third kappa shape index (κ3) is 5.47. The second-order valence-electron chi connectivity index (χ2n) is 10.3. The molecule has 3 heterocycles. The molecule has 1 atom stereocenters. The van der Waals surface area contributed by atoms with E-state index in [0.29, 0.717) is 21.8 Å². The summed E-state index contributed by atoms with van der Waals surface area (Å²) in [5.74, 6) is -5.82. The monoisotopic (exact) mass is 700 g/mol. The Morgan fingerprint density at radius 1 is 1.16 bits per heavy atom. The molecule has 0 saturated heterocycles. The number of aromatic nitrogens is 4. The molecular weight excluding hydrogens is 679 g/mol. The number of halogens is 7. The van der Waals surface area contributed by atoms with Crippen LogP contribution in [0.5, 0.6) is 0 Å². The number of nitrogens with zero attached hydrogens (tertiary/aromatic N) is 4. The minimum Gasteiger partial charge on any atom is -0.469 e. The quantitative estimate of drug-likeness (QED) is 0.160. The number of amides is 1. The number of nitrogens with two attached hydrogens (primary N) is 1. The van der Waals surface area contributed by atoms with Gasteiger partial charge in [-0.2, -0.15) is 27.1 Å². The molecule has 1 aliphatic heterocycles. The fourth-order valence-electron chi connectivity index (χ4n) is 5.06. The number of carbonyl (C=O) groups is 2. The summed E-state index contributed by atoms with van der Waals surface area (Å²) >= 11 is 9.58. The van der Waals surface area contributed by atoms with Crippen LogP contribution in [0.4, 0.5) is 33.6 Å². The highest BCUT2D eigenvalue weighted by Gasteiger charge is 2.56. The Bertz CT molecular complexity index is 1810. The Morgan fingerprint density at radius 2 is 1.89 bits per heavy atom. The van der Waals surface area contributed by atoms with Crippen LogP contribution in [-0.4, -0.2) is 50.8 Å². The number of esters is 1. The number of carbonyl (C=O) groups excluding carboxylic acids is 2. The maximum absolute atomic E-state index is 13.7. The first-order valence-electron chi connectivity index (χ1n) is 13.0. The fourth-order valence-corrected chi connectivity index (χ4v) is 5.80. The van der Waals surface area contributed by atoms with Gasteiger partial charge in [0.2, 0.25) is 5.91 Å². The van der Waals surface area contributed by atoms with Gasteiger partial charge in [-0.15, -0.1) is 0 Å². The van der Waals surface area contributed by atoms with E-state index in [0.717, 1.165) is 10.2 Å². The zero-order chi connectivity index (χ0) is 32.2. The number of anilines is 2. The number of hydrogen-bond acceptors (Lipinski definition) is 7. The first kappa shape index (κ1) is 31.6. The van der Waals surface area contributed by atoms with Gasteiger partial charge in [-0.05, 0) is 48.7 Å². The minimum atomic E-state index is -5.72. The van der Waals surface area contributed by atoms with E-state index < -0.39 is 36.4 Å². The summed E-state index contributed by atoms with van der Waals surface area (Å²) in [4.78, 5) is 33.8. The standard InChI is InChI=1S/C28H23BrClF5N6O3/c1-26(14-5-3-13(17(29)11-14)4-8-19(42)44-2)20-22(36)37-24(38-23(20)39-25(26)43)21-16-7-6-15(30)12-18(16)41(40-21)10-9-27(31,32)28(33,34)35/h3,5-7,11-12H,4,8-10H2,1-2H3,(H3,36,37,38,39,43). The summed E-state index contributed by atoms with van der Waals surface area (Å²) in [7, 11) is 1.30. The van der Waals surface area contributed by atoms with Crippen LogP contribution in [0, 0.1) is 0 Å². The van der Waals surface area contributed by atoms with Crippen LogP contribution < -0.4 is 11.1 Å². The number of hydrogen-bond donors (Lipinski definition) is 2. The number of alkyl halides is 5. The molecule has 0 fully saturated rings. The highest BCUT2D eigenvalue weighted by molar-refractivity contribution is 9.10. The van der Waals surface area contributed by atoms with Crippen molar-refractivity contribution in [2.24, 2.45) is 0 Å². The molecule has 2 aromatic heterocycles. The Labute approximate surface area is 260 Å². The molecule has 1 unspecified atom stereocenters. The number of nitrogens with one attached hydrogen (secondary N) is 1. The molecule has 4 aromatic rings. The van der Waals surface area contributed by atoms with Gasteiger partial charge in [-0.1, -0.05) is 39.7 Å². The van der Waals surface area contributed by atoms with Crippen LogP contribution in [0.1, 0.15) is 36.5 Å². The maximum atomic E-state index is 13.7. The molecule has 1 aliphatic rings. The lowest BCUT2D eigenvalue weighted by atomic mass is 9.77. The molecule has 0 bridgehead atoms. The molecule has 0 aliphatic carbocycles. The summed E-state index contributed by atoms with van der Waals surface area (Å²) in [6.45, 7) is 0.861. The Hall–Kier alpha value is -3.85. The third-order valence-corrected chi connectivity index (χ3v) is 8.53. The average Bonchev–Trinajstić information content (AvgIpc) is 3.44. The number of nitrogen functional groups attached to an aromatic ring is 1. The topological polar surface area (TPSA) is 125 Å². The van der Waals surface area contributed by atoms with Crippen LogP contribution in [0.2, 0.25) is 5.02 Å². The van der Waals surface area contributed by atoms with Gasteiger partial charge in [0.25, 0.3) is 0 Å². The smallest absolute Gasteiger partial charge is 0.453 e. The van der Waals surface area contributed by atoms with Crippen molar-refractivity contribution in [2.45, 2.75) is 50.2 Å². The van der Waals surface area contributed by atoms with Crippen molar-refractivity contribution < 1.29 is 36.3 Å². The summed E-state index contributed by atoms with van der Waals surface area (Å²) in [5, 5.41) is 7.49. The molecule has 1 amide bonds. The van der Waals surface area contributed by atoms with Crippen LogP contribution in [0.3, 0.4) is 0 Å². The van der Waals surface area contributed by atoms with E-state index in [4.69, 9.17) is 22.1 Å². The third-order valence-electron chi connectivity index (χ3n) is 7.56. The lowest BCUT2D eigenvalue weighted by Crippen LogP contribution is -2.37. The number of methoxy groups -OCH3 is 1. The van der Waals surface area contributed by atoms with Crippen molar-refractivity contribution in [3.05, 3.63) is 62.6 Å². The largest absolute Gasteiger partial charge is 0.469 e. The first-order valence-corrected chi connectivity index (χ1v) is 14.2. The van der Waals surface area contributed by atoms with E-state index in [2.05, 4.69) is 36.3 Å². The normalized spacial score (nSPS) is 16.7. The van der Waals surface area contributed by atoms with Crippen molar-refractivity contribution in [3.8, 4) is 11.5 Å². The van der Waals surface area contributed by atoms with E-state index in [1.807, 2.05) is 0 Å². The Morgan fingerprint density at radius 3 is 2.55 bits per heavy atom. The molecule has 16 heteroatoms. The molecule has 9 nitrogen and oxygen atoms in total. The van der Waals surface area contributed by atoms with Crippen molar-refractivity contribution in [3.63, 3.8) is 0 Å². The lowest BCUT2D eigenvalue weighted by molar-refractivity contribution is -0.285. The number of aryl methyl sites for hydroxylation is 2. The predicted molar refractivity (Wildman–Crippen MR) is 155 cm³/mol. The Balaban J connectivity index is 1.53. The van der Waals surface area contributed by atoms with Crippen molar-refractivity contribution in [1.82, 2.24) is 19.7 Å². The molecule has 44 heavy (non-hydrogen) atoms. The number of fused-ring (bicyclic) bond motifs is 2. The number of benzene rings is 2. The number of ether oxygens (including phenoxy) is 1. The molecule has 5 rings (SSSR count). The highest BCUT2D eigenvalue weighted by Crippen LogP contribution is 2.46. The van der Waals surface area contributed by atoms with Gasteiger partial charge in [0, 0.05) is 34.3 Å². The van der Waals surface area contributed by atoms with Gasteiger partial charge in [-0.3, -0.25) is 14.3 Å². The molecule has 0 spiro atoms. The van der Waals surface area contributed by atoms with Gasteiger partial charge < -0.3 is 15.8 Å². The van der Waals surface area contributed by atoms with Crippen LogP contribution in [-0.2, 0) is 32.7 Å². The Kier molecular flexibility index (Phi) is 8.08. The fraction of sp³-hybridized carbons (Fsp3) is 0.321. The van der Waals surface area contributed by atoms with Crippen molar-refractivity contribution in [2.75, 3.05) is 18.2 Å².